The van der Waals surface area contributed by atoms with E-state index in [0.29, 0.717) is 6.54 Å². The van der Waals surface area contributed by atoms with Crippen molar-refractivity contribution in [2.24, 2.45) is 4.99 Å². The summed E-state index contributed by atoms with van der Waals surface area (Å²) in [6, 6.07) is 16.1. The standard InChI is InChI=1S/C20H23N3O/c1-2-3-13-22-20(24)23-17-10-8-16(9-11-17)19-18-7-5-4-6-15(18)12-14-21-19/h4-11H,2-3,12-14H2,1H3,(H2,22,23,24). The van der Waals surface area contributed by atoms with Crippen LogP contribution in [0, 0.1) is 0 Å². The summed E-state index contributed by atoms with van der Waals surface area (Å²) in [6.07, 6.45) is 3.06. The summed E-state index contributed by atoms with van der Waals surface area (Å²) in [5.74, 6) is 0. The van der Waals surface area contributed by atoms with Gasteiger partial charge in [0.05, 0.1) is 5.71 Å². The molecule has 0 fully saturated rings. The number of carbonyl (C=O) groups is 1. The number of benzene rings is 2. The summed E-state index contributed by atoms with van der Waals surface area (Å²) < 4.78 is 0. The highest BCUT2D eigenvalue weighted by molar-refractivity contribution is 6.14. The van der Waals surface area contributed by atoms with E-state index in [1.54, 1.807) is 0 Å². The Hall–Kier alpha value is -2.62. The van der Waals surface area contributed by atoms with Crippen molar-refractivity contribution in [3.8, 4) is 0 Å². The molecule has 124 valence electrons. The maximum absolute atomic E-state index is 11.8. The third kappa shape index (κ3) is 3.82. The average Bonchev–Trinajstić information content (AvgIpc) is 2.62. The monoisotopic (exact) mass is 321 g/mol. The smallest absolute Gasteiger partial charge is 0.319 e. The van der Waals surface area contributed by atoms with Crippen molar-refractivity contribution in [1.29, 1.82) is 0 Å². The molecular weight excluding hydrogens is 298 g/mol. The molecule has 0 bridgehead atoms. The van der Waals surface area contributed by atoms with Crippen LogP contribution in [-0.2, 0) is 6.42 Å². The second kappa shape index (κ2) is 7.77. The minimum absolute atomic E-state index is 0.156. The molecule has 1 aliphatic heterocycles. The Bertz CT molecular complexity index is 735. The summed E-state index contributed by atoms with van der Waals surface area (Å²) in [7, 11) is 0. The van der Waals surface area contributed by atoms with Crippen LogP contribution in [-0.4, -0.2) is 24.8 Å². The number of nitrogens with one attached hydrogen (secondary N) is 2. The van der Waals surface area contributed by atoms with Crippen LogP contribution in [0.5, 0.6) is 0 Å². The Morgan fingerprint density at radius 3 is 2.71 bits per heavy atom. The van der Waals surface area contributed by atoms with Crippen LogP contribution in [0.2, 0.25) is 0 Å². The number of hydrogen-bond acceptors (Lipinski definition) is 2. The zero-order valence-corrected chi connectivity index (χ0v) is 14.0. The molecule has 0 radical (unpaired) electrons. The summed E-state index contributed by atoms with van der Waals surface area (Å²) in [5.41, 5.74) is 5.47. The first-order valence-corrected chi connectivity index (χ1v) is 8.56. The molecule has 0 atom stereocenters. The summed E-state index contributed by atoms with van der Waals surface area (Å²) in [5, 5.41) is 5.71. The Kier molecular flexibility index (Phi) is 5.26. The van der Waals surface area contributed by atoms with Gasteiger partial charge in [-0.05, 0) is 30.5 Å². The van der Waals surface area contributed by atoms with Crippen molar-refractivity contribution in [3.63, 3.8) is 0 Å². The van der Waals surface area contributed by atoms with E-state index in [1.165, 1.54) is 11.1 Å². The van der Waals surface area contributed by atoms with Crippen LogP contribution in [0.15, 0.2) is 53.5 Å². The average molecular weight is 321 g/mol. The van der Waals surface area contributed by atoms with Gasteiger partial charge in [0, 0.05) is 29.9 Å². The minimum atomic E-state index is -0.156. The number of aliphatic imine (C=N–C) groups is 1. The van der Waals surface area contributed by atoms with Crippen LogP contribution in [0.4, 0.5) is 10.5 Å². The zero-order chi connectivity index (χ0) is 16.8. The Morgan fingerprint density at radius 2 is 1.92 bits per heavy atom. The number of nitrogens with zero attached hydrogens (tertiary/aromatic N) is 1. The van der Waals surface area contributed by atoms with E-state index in [1.807, 2.05) is 24.3 Å². The molecule has 0 aliphatic carbocycles. The molecule has 2 amide bonds. The number of amides is 2. The van der Waals surface area contributed by atoms with Gasteiger partial charge < -0.3 is 10.6 Å². The quantitative estimate of drug-likeness (QED) is 0.804. The van der Waals surface area contributed by atoms with E-state index >= 15 is 0 Å². The fraction of sp³-hybridized carbons (Fsp3) is 0.300. The zero-order valence-electron chi connectivity index (χ0n) is 14.0. The highest BCUT2D eigenvalue weighted by Gasteiger charge is 2.15. The third-order valence-corrected chi connectivity index (χ3v) is 4.16. The molecule has 2 N–H and O–H groups in total. The van der Waals surface area contributed by atoms with Gasteiger partial charge in [0.2, 0.25) is 0 Å². The van der Waals surface area contributed by atoms with Crippen LogP contribution >= 0.6 is 0 Å². The molecule has 0 saturated carbocycles. The van der Waals surface area contributed by atoms with Gasteiger partial charge in [0.25, 0.3) is 0 Å². The van der Waals surface area contributed by atoms with Gasteiger partial charge in [0.1, 0.15) is 0 Å². The molecule has 1 heterocycles. The first-order chi connectivity index (χ1) is 11.8. The van der Waals surface area contributed by atoms with Crippen molar-refractivity contribution in [3.05, 3.63) is 65.2 Å². The second-order valence-corrected chi connectivity index (χ2v) is 5.95. The number of rotatable bonds is 5. The van der Waals surface area contributed by atoms with Crippen molar-refractivity contribution in [1.82, 2.24) is 5.32 Å². The van der Waals surface area contributed by atoms with Crippen molar-refractivity contribution in [2.75, 3.05) is 18.4 Å². The first kappa shape index (κ1) is 16.2. The lowest BCUT2D eigenvalue weighted by atomic mass is 9.93. The van der Waals surface area contributed by atoms with Crippen molar-refractivity contribution >= 4 is 17.4 Å². The molecule has 2 aromatic carbocycles. The summed E-state index contributed by atoms with van der Waals surface area (Å²) in [4.78, 5) is 16.5. The fourth-order valence-corrected chi connectivity index (χ4v) is 2.85. The minimum Gasteiger partial charge on any atom is -0.338 e. The van der Waals surface area contributed by atoms with Gasteiger partial charge in [-0.3, -0.25) is 4.99 Å². The predicted octanol–water partition coefficient (Wildman–Crippen LogP) is 4.00. The highest BCUT2D eigenvalue weighted by atomic mass is 16.2. The van der Waals surface area contributed by atoms with Crippen LogP contribution in [0.3, 0.4) is 0 Å². The number of carbonyl (C=O) groups excluding carboxylic acids is 1. The summed E-state index contributed by atoms with van der Waals surface area (Å²) in [6.45, 7) is 3.63. The molecule has 24 heavy (non-hydrogen) atoms. The Balaban J connectivity index is 1.69. The third-order valence-electron chi connectivity index (χ3n) is 4.16. The van der Waals surface area contributed by atoms with Gasteiger partial charge in [-0.25, -0.2) is 4.79 Å². The fourth-order valence-electron chi connectivity index (χ4n) is 2.85. The van der Waals surface area contributed by atoms with Crippen molar-refractivity contribution in [2.45, 2.75) is 26.2 Å². The maximum Gasteiger partial charge on any atom is 0.319 e. The topological polar surface area (TPSA) is 53.5 Å². The number of hydrogen-bond donors (Lipinski definition) is 2. The van der Waals surface area contributed by atoms with E-state index < -0.39 is 0 Å². The Labute approximate surface area is 143 Å². The van der Waals surface area contributed by atoms with E-state index in [0.717, 1.165) is 42.8 Å². The van der Waals surface area contributed by atoms with Gasteiger partial charge in [-0.2, -0.15) is 0 Å². The normalized spacial score (nSPS) is 13.0. The second-order valence-electron chi connectivity index (χ2n) is 5.95. The molecule has 0 spiro atoms. The first-order valence-electron chi connectivity index (χ1n) is 8.56. The van der Waals surface area contributed by atoms with Crippen LogP contribution in [0.1, 0.15) is 36.5 Å². The lowest BCUT2D eigenvalue weighted by Crippen LogP contribution is -2.29. The number of unbranched alkanes of at least 4 members (excludes halogenated alkanes) is 1. The largest absolute Gasteiger partial charge is 0.338 e. The molecular formula is C20H23N3O. The van der Waals surface area contributed by atoms with Gasteiger partial charge >= 0.3 is 6.03 Å². The lowest BCUT2D eigenvalue weighted by Gasteiger charge is -2.17. The lowest BCUT2D eigenvalue weighted by molar-refractivity contribution is 0.252. The molecule has 3 rings (SSSR count). The predicted molar refractivity (Wildman–Crippen MR) is 99.0 cm³/mol. The molecule has 0 unspecified atom stereocenters. The summed E-state index contributed by atoms with van der Waals surface area (Å²) >= 11 is 0. The van der Waals surface area contributed by atoms with Crippen molar-refractivity contribution < 1.29 is 4.79 Å². The molecule has 0 saturated heterocycles. The number of fused-ring (bicyclic) bond motifs is 1. The van der Waals surface area contributed by atoms with E-state index in [9.17, 15) is 4.79 Å². The van der Waals surface area contributed by atoms with E-state index in [2.05, 4.69) is 41.8 Å². The number of anilines is 1. The maximum atomic E-state index is 11.8. The van der Waals surface area contributed by atoms with Gasteiger partial charge in [-0.15, -0.1) is 0 Å². The van der Waals surface area contributed by atoms with Gasteiger partial charge in [-0.1, -0.05) is 49.7 Å². The molecule has 4 heteroatoms. The molecule has 2 aromatic rings. The molecule has 1 aliphatic rings. The van der Waals surface area contributed by atoms with E-state index in [4.69, 9.17) is 4.99 Å². The van der Waals surface area contributed by atoms with E-state index in [-0.39, 0.29) is 6.03 Å². The Morgan fingerprint density at radius 1 is 1.12 bits per heavy atom. The number of urea groups is 1. The molecule has 4 nitrogen and oxygen atoms in total. The highest BCUT2D eigenvalue weighted by Crippen LogP contribution is 2.21. The van der Waals surface area contributed by atoms with Crippen LogP contribution in [0.25, 0.3) is 0 Å². The van der Waals surface area contributed by atoms with Gasteiger partial charge in [0.15, 0.2) is 0 Å². The van der Waals surface area contributed by atoms with Crippen LogP contribution < -0.4 is 10.6 Å². The SMILES string of the molecule is CCCCNC(=O)Nc1ccc(C2=NCCc3ccccc32)cc1. The molecule has 0 aromatic heterocycles.